The van der Waals surface area contributed by atoms with Gasteiger partial charge >= 0.3 is 11.9 Å². The van der Waals surface area contributed by atoms with E-state index in [1.807, 2.05) is 0 Å². The molecule has 0 aliphatic rings. The Kier molecular flexibility index (Phi) is 2.94. The van der Waals surface area contributed by atoms with E-state index in [4.69, 9.17) is 5.11 Å². The topological polar surface area (TPSA) is 58.0 Å². The van der Waals surface area contributed by atoms with Gasteiger partial charge in [-0.1, -0.05) is 0 Å². The van der Waals surface area contributed by atoms with Gasteiger partial charge in [0.05, 0.1) is 29.2 Å². The fourth-order valence-electron chi connectivity index (χ4n) is 1.83. The summed E-state index contributed by atoms with van der Waals surface area (Å²) in [6.45, 7) is 1.33. The van der Waals surface area contributed by atoms with E-state index < -0.39 is 23.5 Å². The molecule has 1 aromatic carbocycles. The van der Waals surface area contributed by atoms with Crippen molar-refractivity contribution < 1.29 is 18.3 Å². The monoisotopic (exact) mass is 260 g/mol. The first-order valence-electron chi connectivity index (χ1n) is 5.27. The maximum absolute atomic E-state index is 12.5. The number of halogens is 3. The summed E-state index contributed by atoms with van der Waals surface area (Å²) in [6, 6.07) is 2.53. The molecule has 0 radical (unpaired) electrons. The molecular weight excluding hydrogens is 249 g/mol. The van der Waals surface area contributed by atoms with Crippen LogP contribution in [0.25, 0.3) is 11.0 Å². The van der Waals surface area contributed by atoms with Crippen molar-refractivity contribution in [2.45, 2.75) is 19.1 Å². The number of hydrogen-bond acceptors (Lipinski definition) is 2. The number of fused-ring (bicyclic) bond motifs is 1. The minimum Gasteiger partial charge on any atom is -0.394 e. The van der Waals surface area contributed by atoms with Gasteiger partial charge in [-0.3, -0.25) is 4.57 Å². The van der Waals surface area contributed by atoms with E-state index in [0.717, 1.165) is 12.1 Å². The van der Waals surface area contributed by atoms with Crippen LogP contribution in [-0.2, 0) is 6.18 Å². The summed E-state index contributed by atoms with van der Waals surface area (Å²) in [5.74, 6) is 0. The van der Waals surface area contributed by atoms with E-state index in [1.54, 1.807) is 6.92 Å². The summed E-state index contributed by atoms with van der Waals surface area (Å²) in [4.78, 5) is 14.0. The zero-order valence-corrected chi connectivity index (χ0v) is 9.45. The van der Waals surface area contributed by atoms with Crippen molar-refractivity contribution in [1.29, 1.82) is 0 Å². The number of H-pyrrole nitrogens is 1. The number of aliphatic hydroxyl groups excluding tert-OH is 1. The summed E-state index contributed by atoms with van der Waals surface area (Å²) in [7, 11) is 0. The second-order valence-electron chi connectivity index (χ2n) is 4.06. The van der Waals surface area contributed by atoms with Crippen molar-refractivity contribution in [3.63, 3.8) is 0 Å². The van der Waals surface area contributed by atoms with Gasteiger partial charge in [-0.25, -0.2) is 4.79 Å². The molecule has 4 nitrogen and oxygen atoms in total. The van der Waals surface area contributed by atoms with Crippen molar-refractivity contribution in [3.05, 3.63) is 34.2 Å². The van der Waals surface area contributed by atoms with E-state index >= 15 is 0 Å². The van der Waals surface area contributed by atoms with Crippen LogP contribution in [0.5, 0.6) is 0 Å². The number of imidazole rings is 1. The highest BCUT2D eigenvalue weighted by Crippen LogP contribution is 2.31. The number of aliphatic hydroxyl groups is 1. The number of nitrogens with zero attached hydrogens (tertiary/aromatic N) is 1. The van der Waals surface area contributed by atoms with Crippen LogP contribution >= 0.6 is 0 Å². The van der Waals surface area contributed by atoms with Gasteiger partial charge in [0.2, 0.25) is 0 Å². The van der Waals surface area contributed by atoms with Gasteiger partial charge in [-0.05, 0) is 25.1 Å². The third-order valence-electron chi connectivity index (χ3n) is 2.75. The minimum atomic E-state index is -4.45. The molecule has 0 fully saturated rings. The Morgan fingerprint density at radius 1 is 1.44 bits per heavy atom. The molecule has 2 N–H and O–H groups in total. The van der Waals surface area contributed by atoms with Crippen molar-refractivity contribution in [2.75, 3.05) is 6.61 Å². The molecule has 18 heavy (non-hydrogen) atoms. The average molecular weight is 260 g/mol. The lowest BCUT2D eigenvalue weighted by atomic mass is 10.2. The molecule has 0 saturated heterocycles. The fourth-order valence-corrected chi connectivity index (χ4v) is 1.83. The summed E-state index contributed by atoms with van der Waals surface area (Å²) in [5.41, 5.74) is -0.907. The molecule has 0 aliphatic heterocycles. The van der Waals surface area contributed by atoms with E-state index in [2.05, 4.69) is 4.98 Å². The Bertz CT molecular complexity index is 627. The SMILES string of the molecule is CC(CO)n1c(=O)[nH]c2cc(C(F)(F)F)ccc21. The molecule has 1 aromatic heterocycles. The Morgan fingerprint density at radius 3 is 2.67 bits per heavy atom. The summed E-state index contributed by atoms with van der Waals surface area (Å²) in [6.07, 6.45) is -4.45. The second-order valence-corrected chi connectivity index (χ2v) is 4.06. The predicted molar refractivity (Wildman–Crippen MR) is 59.4 cm³/mol. The quantitative estimate of drug-likeness (QED) is 0.866. The molecule has 0 amide bonds. The molecule has 0 aliphatic carbocycles. The number of hydrogen-bond donors (Lipinski definition) is 2. The van der Waals surface area contributed by atoms with E-state index in [-0.39, 0.29) is 12.1 Å². The van der Waals surface area contributed by atoms with Crippen molar-refractivity contribution in [2.24, 2.45) is 0 Å². The molecule has 2 aromatic rings. The molecule has 7 heteroatoms. The molecule has 2 rings (SSSR count). The Hall–Kier alpha value is -1.76. The number of rotatable bonds is 2. The Balaban J connectivity index is 2.66. The maximum atomic E-state index is 12.5. The van der Waals surface area contributed by atoms with Crippen LogP contribution < -0.4 is 5.69 Å². The zero-order chi connectivity index (χ0) is 13.5. The molecule has 1 atom stereocenters. The minimum absolute atomic E-state index is 0.107. The van der Waals surface area contributed by atoms with Crippen LogP contribution in [0, 0.1) is 0 Å². The molecule has 98 valence electrons. The van der Waals surface area contributed by atoms with Crippen LogP contribution in [0.2, 0.25) is 0 Å². The molecule has 0 bridgehead atoms. The second kappa shape index (κ2) is 4.16. The number of benzene rings is 1. The number of aromatic amines is 1. The fraction of sp³-hybridized carbons (Fsp3) is 0.364. The summed E-state index contributed by atoms with van der Waals surface area (Å²) >= 11 is 0. The van der Waals surface area contributed by atoms with Gasteiger partial charge < -0.3 is 10.1 Å². The molecule has 0 saturated carbocycles. The first kappa shape index (κ1) is 12.7. The van der Waals surface area contributed by atoms with Crippen LogP contribution in [0.1, 0.15) is 18.5 Å². The van der Waals surface area contributed by atoms with E-state index in [0.29, 0.717) is 5.52 Å². The average Bonchev–Trinajstić information content (AvgIpc) is 2.61. The molecule has 0 spiro atoms. The first-order chi connectivity index (χ1) is 8.34. The molecular formula is C11H11F3N2O2. The van der Waals surface area contributed by atoms with E-state index in [1.165, 1.54) is 10.6 Å². The Morgan fingerprint density at radius 2 is 2.11 bits per heavy atom. The van der Waals surface area contributed by atoms with Crippen LogP contribution in [0.15, 0.2) is 23.0 Å². The highest BCUT2D eigenvalue weighted by Gasteiger charge is 2.31. The maximum Gasteiger partial charge on any atom is 0.416 e. The summed E-state index contributed by atoms with van der Waals surface area (Å²) < 4.78 is 38.8. The standard InChI is InChI=1S/C11H11F3N2O2/c1-6(5-17)16-9-3-2-7(11(12,13)14)4-8(9)15-10(16)18/h2-4,6,17H,5H2,1H3,(H,15,18). The molecule has 1 heterocycles. The van der Waals surface area contributed by atoms with Gasteiger partial charge in [0.25, 0.3) is 0 Å². The van der Waals surface area contributed by atoms with Gasteiger partial charge in [-0.2, -0.15) is 13.2 Å². The van der Waals surface area contributed by atoms with Gasteiger partial charge in [0, 0.05) is 0 Å². The predicted octanol–water partition coefficient (Wildman–Crippen LogP) is 1.90. The van der Waals surface area contributed by atoms with Gasteiger partial charge in [0.15, 0.2) is 0 Å². The number of alkyl halides is 3. The van der Waals surface area contributed by atoms with Gasteiger partial charge in [0.1, 0.15) is 0 Å². The molecule has 1 unspecified atom stereocenters. The van der Waals surface area contributed by atoms with E-state index in [9.17, 15) is 18.0 Å². The lowest BCUT2D eigenvalue weighted by molar-refractivity contribution is -0.137. The third kappa shape index (κ3) is 2.01. The summed E-state index contributed by atoms with van der Waals surface area (Å²) in [5, 5.41) is 9.02. The highest BCUT2D eigenvalue weighted by atomic mass is 19.4. The van der Waals surface area contributed by atoms with Crippen molar-refractivity contribution >= 4 is 11.0 Å². The lowest BCUT2D eigenvalue weighted by Gasteiger charge is -2.10. The Labute approximate surface area is 99.7 Å². The number of aromatic nitrogens is 2. The first-order valence-corrected chi connectivity index (χ1v) is 5.27. The van der Waals surface area contributed by atoms with Crippen molar-refractivity contribution in [1.82, 2.24) is 9.55 Å². The van der Waals surface area contributed by atoms with Crippen LogP contribution in [-0.4, -0.2) is 21.3 Å². The van der Waals surface area contributed by atoms with Gasteiger partial charge in [-0.15, -0.1) is 0 Å². The van der Waals surface area contributed by atoms with Crippen LogP contribution in [0.3, 0.4) is 0 Å². The largest absolute Gasteiger partial charge is 0.416 e. The third-order valence-corrected chi connectivity index (χ3v) is 2.75. The smallest absolute Gasteiger partial charge is 0.394 e. The zero-order valence-electron chi connectivity index (χ0n) is 9.45. The van der Waals surface area contributed by atoms with Crippen molar-refractivity contribution in [3.8, 4) is 0 Å². The number of nitrogens with one attached hydrogen (secondary N) is 1. The normalized spacial score (nSPS) is 14.1. The van der Waals surface area contributed by atoms with Crippen LogP contribution in [0.4, 0.5) is 13.2 Å². The lowest BCUT2D eigenvalue weighted by Crippen LogP contribution is -2.22. The highest BCUT2D eigenvalue weighted by molar-refractivity contribution is 5.76.